The van der Waals surface area contributed by atoms with Gasteiger partial charge in [-0.2, -0.15) is 0 Å². The molecular formula is C30H47O4P. The number of phosphoric ester groups is 1. The summed E-state index contributed by atoms with van der Waals surface area (Å²) in [7, 11) is -4.25. The summed E-state index contributed by atoms with van der Waals surface area (Å²) in [6.45, 7) is 26.0. The Balaban J connectivity index is 2.23. The Labute approximate surface area is 214 Å². The van der Waals surface area contributed by atoms with Crippen LogP contribution in [0.4, 0.5) is 0 Å². The molecule has 196 valence electrons. The molecule has 0 fully saturated rings. The van der Waals surface area contributed by atoms with Crippen LogP contribution < -0.4 is 0 Å². The molecule has 0 amide bonds. The lowest BCUT2D eigenvalue weighted by molar-refractivity contribution is 0.137. The molecule has 0 saturated heterocycles. The van der Waals surface area contributed by atoms with Crippen LogP contribution >= 0.6 is 7.82 Å². The first-order chi connectivity index (χ1) is 15.6. The first-order valence-electron chi connectivity index (χ1n) is 12.5. The van der Waals surface area contributed by atoms with Crippen LogP contribution in [0, 0.1) is 0 Å². The van der Waals surface area contributed by atoms with Gasteiger partial charge < -0.3 is 4.89 Å². The molecular weight excluding hydrogens is 455 g/mol. The molecule has 0 bridgehead atoms. The summed E-state index contributed by atoms with van der Waals surface area (Å²) in [4.78, 5) is 10.5. The van der Waals surface area contributed by atoms with E-state index < -0.39 is 7.82 Å². The minimum atomic E-state index is -4.25. The van der Waals surface area contributed by atoms with E-state index >= 15 is 0 Å². The van der Waals surface area contributed by atoms with Crippen molar-refractivity contribution in [1.82, 2.24) is 0 Å². The second-order valence-electron chi connectivity index (χ2n) is 13.9. The van der Waals surface area contributed by atoms with Crippen LogP contribution in [0.5, 0.6) is 0 Å². The molecule has 35 heavy (non-hydrogen) atoms. The van der Waals surface area contributed by atoms with E-state index in [2.05, 4.69) is 119 Å². The third kappa shape index (κ3) is 8.86. The van der Waals surface area contributed by atoms with Gasteiger partial charge in [-0.3, -0.25) is 9.05 Å². The maximum Gasteiger partial charge on any atom is 0.472 e. The maximum absolute atomic E-state index is 12.8. The van der Waals surface area contributed by atoms with Crippen molar-refractivity contribution >= 4 is 7.82 Å². The van der Waals surface area contributed by atoms with E-state index in [1.165, 1.54) is 22.3 Å². The summed E-state index contributed by atoms with van der Waals surface area (Å²) in [5.74, 6) is 0. The minimum absolute atomic E-state index is 0.00997. The van der Waals surface area contributed by atoms with E-state index in [4.69, 9.17) is 9.05 Å². The topological polar surface area (TPSA) is 55.8 Å². The molecule has 4 nitrogen and oxygen atoms in total. The average molecular weight is 503 g/mol. The largest absolute Gasteiger partial charge is 0.472 e. The highest BCUT2D eigenvalue weighted by Crippen LogP contribution is 2.45. The van der Waals surface area contributed by atoms with Gasteiger partial charge in [-0.25, -0.2) is 4.57 Å². The Hall–Kier alpha value is -1.45. The monoisotopic (exact) mass is 502 g/mol. The predicted molar refractivity (Wildman–Crippen MR) is 147 cm³/mol. The smallest absolute Gasteiger partial charge is 0.302 e. The van der Waals surface area contributed by atoms with Crippen LogP contribution in [0.3, 0.4) is 0 Å². The van der Waals surface area contributed by atoms with Gasteiger partial charge in [0.25, 0.3) is 0 Å². The van der Waals surface area contributed by atoms with Crippen molar-refractivity contribution < 1.29 is 18.5 Å². The third-order valence-electron chi connectivity index (χ3n) is 6.24. The van der Waals surface area contributed by atoms with Gasteiger partial charge in [-0.1, -0.05) is 119 Å². The molecule has 0 aromatic heterocycles. The number of rotatable bonds is 6. The summed E-state index contributed by atoms with van der Waals surface area (Å²) < 4.78 is 23.7. The Morgan fingerprint density at radius 2 is 0.771 bits per heavy atom. The van der Waals surface area contributed by atoms with E-state index in [9.17, 15) is 9.46 Å². The summed E-state index contributed by atoms with van der Waals surface area (Å²) >= 11 is 0. The Morgan fingerprint density at radius 1 is 0.543 bits per heavy atom. The molecule has 0 aliphatic rings. The van der Waals surface area contributed by atoms with Gasteiger partial charge in [0.15, 0.2) is 0 Å². The highest BCUT2D eigenvalue weighted by atomic mass is 31.2. The number of hydrogen-bond donors (Lipinski definition) is 1. The van der Waals surface area contributed by atoms with Crippen molar-refractivity contribution in [3.05, 3.63) is 69.8 Å². The minimum Gasteiger partial charge on any atom is -0.302 e. The quantitative estimate of drug-likeness (QED) is 0.401. The van der Waals surface area contributed by atoms with Crippen LogP contribution in [0.15, 0.2) is 36.4 Å². The Morgan fingerprint density at radius 3 is 0.971 bits per heavy atom. The van der Waals surface area contributed by atoms with Crippen molar-refractivity contribution in [3.8, 4) is 0 Å². The first kappa shape index (κ1) is 29.8. The molecule has 0 saturated carbocycles. The molecule has 0 aliphatic carbocycles. The molecule has 0 unspecified atom stereocenters. The van der Waals surface area contributed by atoms with Crippen molar-refractivity contribution in [2.24, 2.45) is 0 Å². The van der Waals surface area contributed by atoms with Gasteiger partial charge in [0.2, 0.25) is 0 Å². The zero-order valence-corrected chi connectivity index (χ0v) is 24.9. The molecule has 0 radical (unpaired) electrons. The first-order valence-corrected chi connectivity index (χ1v) is 14.0. The lowest BCUT2D eigenvalue weighted by Gasteiger charge is -2.26. The highest BCUT2D eigenvalue weighted by Gasteiger charge is 2.26. The van der Waals surface area contributed by atoms with Crippen LogP contribution in [0.25, 0.3) is 0 Å². The molecule has 0 aliphatic heterocycles. The van der Waals surface area contributed by atoms with Crippen LogP contribution in [0.2, 0.25) is 0 Å². The average Bonchev–Trinajstić information content (AvgIpc) is 2.68. The van der Waals surface area contributed by atoms with Gasteiger partial charge in [-0.05, 0) is 55.0 Å². The SMILES string of the molecule is CC(C)(C)c1cc(COP(=O)(O)OCc2cc(C(C)(C)C)cc(C(C)(C)C)c2)cc(C(C)(C)C)c1. The molecule has 1 N–H and O–H groups in total. The second kappa shape index (κ2) is 10.1. The summed E-state index contributed by atoms with van der Waals surface area (Å²) in [5.41, 5.74) is 6.25. The zero-order chi connectivity index (χ0) is 27.0. The van der Waals surface area contributed by atoms with Gasteiger partial charge >= 0.3 is 7.82 Å². The van der Waals surface area contributed by atoms with Crippen LogP contribution in [-0.2, 0) is 48.5 Å². The van der Waals surface area contributed by atoms with Gasteiger partial charge in [0.05, 0.1) is 13.2 Å². The van der Waals surface area contributed by atoms with Crippen molar-refractivity contribution in [2.45, 2.75) is 118 Å². The molecule has 0 atom stereocenters. The molecule has 2 aromatic carbocycles. The maximum atomic E-state index is 12.8. The van der Waals surface area contributed by atoms with Crippen LogP contribution in [-0.4, -0.2) is 4.89 Å². The Kier molecular flexibility index (Phi) is 8.62. The summed E-state index contributed by atoms with van der Waals surface area (Å²) in [5, 5.41) is 0. The summed E-state index contributed by atoms with van der Waals surface area (Å²) in [6.07, 6.45) is 0. The lowest BCUT2D eigenvalue weighted by Crippen LogP contribution is -2.17. The molecule has 2 aromatic rings. The predicted octanol–water partition coefficient (Wildman–Crippen LogP) is 8.71. The van der Waals surface area contributed by atoms with E-state index in [-0.39, 0.29) is 34.9 Å². The fraction of sp³-hybridized carbons (Fsp3) is 0.600. The van der Waals surface area contributed by atoms with Crippen molar-refractivity contribution in [2.75, 3.05) is 0 Å². The fourth-order valence-corrected chi connectivity index (χ4v) is 4.33. The number of phosphoric acid groups is 1. The lowest BCUT2D eigenvalue weighted by atomic mass is 9.79. The Bertz CT molecular complexity index is 925. The van der Waals surface area contributed by atoms with E-state index in [0.717, 1.165) is 11.1 Å². The molecule has 0 heterocycles. The van der Waals surface area contributed by atoms with E-state index in [1.54, 1.807) is 0 Å². The fourth-order valence-electron chi connectivity index (χ4n) is 3.63. The summed E-state index contributed by atoms with van der Waals surface area (Å²) in [6, 6.07) is 12.6. The number of hydrogen-bond acceptors (Lipinski definition) is 3. The standard InChI is InChI=1S/C30H47O4P/c1-27(2,3)23-13-21(14-24(17-23)28(4,5)6)19-33-35(31,32)34-20-22-15-25(29(7,8)9)18-26(16-22)30(10,11)12/h13-18H,19-20H2,1-12H3,(H,31,32). The van der Waals surface area contributed by atoms with Gasteiger partial charge in [0.1, 0.15) is 0 Å². The normalized spacial score (nSPS) is 13.9. The zero-order valence-electron chi connectivity index (χ0n) is 24.0. The molecule has 5 heteroatoms. The highest BCUT2D eigenvalue weighted by molar-refractivity contribution is 7.47. The number of benzene rings is 2. The van der Waals surface area contributed by atoms with Gasteiger partial charge in [-0.15, -0.1) is 0 Å². The van der Waals surface area contributed by atoms with Crippen molar-refractivity contribution in [3.63, 3.8) is 0 Å². The van der Waals surface area contributed by atoms with E-state index in [1.807, 2.05) is 0 Å². The van der Waals surface area contributed by atoms with Crippen LogP contribution in [0.1, 0.15) is 116 Å². The second-order valence-corrected chi connectivity index (χ2v) is 15.3. The molecule has 2 rings (SSSR count). The van der Waals surface area contributed by atoms with Gasteiger partial charge in [0, 0.05) is 0 Å². The molecule has 0 spiro atoms. The third-order valence-corrected chi connectivity index (χ3v) is 7.15. The van der Waals surface area contributed by atoms with Crippen molar-refractivity contribution in [1.29, 1.82) is 0 Å². The van der Waals surface area contributed by atoms with E-state index in [0.29, 0.717) is 0 Å².